The fourth-order valence-corrected chi connectivity index (χ4v) is 2.08. The van der Waals surface area contributed by atoms with Gasteiger partial charge in [-0.3, -0.25) is 9.59 Å². The summed E-state index contributed by atoms with van der Waals surface area (Å²) >= 11 is 5.37. The van der Waals surface area contributed by atoms with Crippen LogP contribution in [0.1, 0.15) is 45.4 Å². The van der Waals surface area contributed by atoms with Gasteiger partial charge in [0.1, 0.15) is 6.10 Å². The predicted octanol–water partition coefficient (Wildman–Crippen LogP) is 2.93. The summed E-state index contributed by atoms with van der Waals surface area (Å²) < 4.78 is 5.35. The van der Waals surface area contributed by atoms with Crippen LogP contribution in [0.2, 0.25) is 0 Å². The molecule has 1 saturated heterocycles. The van der Waals surface area contributed by atoms with Crippen LogP contribution in [0.25, 0.3) is 0 Å². The minimum Gasteiger partial charge on any atom is -0.462 e. The maximum absolute atomic E-state index is 11.5. The molecule has 1 aliphatic rings. The molecular formula is C12H20ClNO3. The van der Waals surface area contributed by atoms with E-state index in [1.54, 1.807) is 4.90 Å². The van der Waals surface area contributed by atoms with Crippen LogP contribution < -0.4 is 0 Å². The molecule has 0 aromatic rings. The van der Waals surface area contributed by atoms with Gasteiger partial charge in [0.05, 0.1) is 0 Å². The second-order valence-corrected chi connectivity index (χ2v) is 4.71. The molecule has 4 nitrogen and oxygen atoms in total. The van der Waals surface area contributed by atoms with Gasteiger partial charge in [-0.2, -0.15) is 0 Å². The number of piperidine rings is 1. The van der Waals surface area contributed by atoms with Crippen LogP contribution in [0.5, 0.6) is 0 Å². The van der Waals surface area contributed by atoms with Gasteiger partial charge >= 0.3 is 11.3 Å². The van der Waals surface area contributed by atoms with Crippen molar-refractivity contribution in [1.82, 2.24) is 4.90 Å². The molecule has 1 heterocycles. The average molecular weight is 262 g/mol. The summed E-state index contributed by atoms with van der Waals surface area (Å²) in [5, 5.41) is -0.419. The van der Waals surface area contributed by atoms with E-state index in [0.29, 0.717) is 32.4 Å². The van der Waals surface area contributed by atoms with Crippen molar-refractivity contribution in [3.8, 4) is 0 Å². The molecule has 1 amide bonds. The highest BCUT2D eigenvalue weighted by atomic mass is 35.5. The molecule has 0 unspecified atom stereocenters. The van der Waals surface area contributed by atoms with Crippen molar-refractivity contribution in [2.75, 3.05) is 13.1 Å². The smallest absolute Gasteiger partial charge is 0.316 e. The normalized spacial score (nSPS) is 16.9. The third kappa shape index (κ3) is 5.39. The third-order valence-corrected chi connectivity index (χ3v) is 3.21. The molecule has 17 heavy (non-hydrogen) atoms. The van der Waals surface area contributed by atoms with Crippen molar-refractivity contribution < 1.29 is 14.3 Å². The Kier molecular flexibility index (Phi) is 6.34. The molecule has 0 aromatic carbocycles. The maximum atomic E-state index is 11.5. The topological polar surface area (TPSA) is 46.6 Å². The van der Waals surface area contributed by atoms with Crippen LogP contribution in [0.3, 0.4) is 0 Å². The SMILES string of the molecule is CCCCCC(=O)OC1CCN(C(=O)Cl)CC1. The van der Waals surface area contributed by atoms with Gasteiger partial charge in [-0.05, 0) is 18.0 Å². The van der Waals surface area contributed by atoms with Crippen molar-refractivity contribution in [3.05, 3.63) is 0 Å². The number of halogens is 1. The van der Waals surface area contributed by atoms with Crippen molar-refractivity contribution in [3.63, 3.8) is 0 Å². The first-order chi connectivity index (χ1) is 8.13. The minimum absolute atomic E-state index is 0.0450. The Hall–Kier alpha value is -0.770. The number of hydrogen-bond donors (Lipinski definition) is 0. The van der Waals surface area contributed by atoms with Crippen LogP contribution in [-0.4, -0.2) is 35.4 Å². The lowest BCUT2D eigenvalue weighted by Crippen LogP contribution is -2.39. The molecule has 0 bridgehead atoms. The quantitative estimate of drug-likeness (QED) is 0.331. The number of carbonyl (C=O) groups excluding carboxylic acids is 2. The molecule has 1 rings (SSSR count). The summed E-state index contributed by atoms with van der Waals surface area (Å²) in [5.74, 6) is -0.117. The third-order valence-electron chi connectivity index (χ3n) is 2.97. The Labute approximate surface area is 107 Å². The number of likely N-dealkylation sites (tertiary alicyclic amines) is 1. The fourth-order valence-electron chi connectivity index (χ4n) is 1.91. The summed E-state index contributed by atoms with van der Waals surface area (Å²) in [4.78, 5) is 23.9. The largest absolute Gasteiger partial charge is 0.462 e. The summed E-state index contributed by atoms with van der Waals surface area (Å²) in [5.41, 5.74) is 0. The highest BCUT2D eigenvalue weighted by Crippen LogP contribution is 2.16. The van der Waals surface area contributed by atoms with E-state index in [2.05, 4.69) is 6.92 Å². The Morgan fingerprint density at radius 2 is 1.94 bits per heavy atom. The van der Waals surface area contributed by atoms with Crippen molar-refractivity contribution in [2.45, 2.75) is 51.6 Å². The van der Waals surface area contributed by atoms with Crippen LogP contribution in [0.4, 0.5) is 4.79 Å². The minimum atomic E-state index is -0.419. The lowest BCUT2D eigenvalue weighted by atomic mass is 10.1. The summed E-state index contributed by atoms with van der Waals surface area (Å²) in [7, 11) is 0. The molecule has 0 atom stereocenters. The van der Waals surface area contributed by atoms with Crippen molar-refractivity contribution >= 4 is 22.9 Å². The van der Waals surface area contributed by atoms with E-state index in [9.17, 15) is 9.59 Å². The van der Waals surface area contributed by atoms with E-state index in [1.165, 1.54) is 0 Å². The van der Waals surface area contributed by atoms with Gasteiger partial charge in [-0.1, -0.05) is 19.8 Å². The molecule has 0 aromatic heterocycles. The van der Waals surface area contributed by atoms with E-state index in [-0.39, 0.29) is 12.1 Å². The van der Waals surface area contributed by atoms with Gasteiger partial charge < -0.3 is 9.64 Å². The van der Waals surface area contributed by atoms with Gasteiger partial charge in [0.15, 0.2) is 0 Å². The Balaban J connectivity index is 2.17. The molecule has 5 heteroatoms. The number of nitrogens with zero attached hydrogens (tertiary/aromatic N) is 1. The van der Waals surface area contributed by atoms with E-state index < -0.39 is 5.37 Å². The van der Waals surface area contributed by atoms with Crippen LogP contribution in [0, 0.1) is 0 Å². The van der Waals surface area contributed by atoms with Gasteiger partial charge in [0.25, 0.3) is 0 Å². The second-order valence-electron chi connectivity index (χ2n) is 4.39. The summed E-state index contributed by atoms with van der Waals surface area (Å²) in [6.45, 7) is 3.26. The number of carbonyl (C=O) groups is 2. The predicted molar refractivity (Wildman–Crippen MR) is 66.1 cm³/mol. The molecule has 1 fully saturated rings. The number of amides is 1. The first-order valence-corrected chi connectivity index (χ1v) is 6.65. The zero-order chi connectivity index (χ0) is 12.7. The summed E-state index contributed by atoms with van der Waals surface area (Å²) in [6, 6.07) is 0. The number of hydrogen-bond acceptors (Lipinski definition) is 3. The van der Waals surface area contributed by atoms with Gasteiger partial charge in [0, 0.05) is 32.4 Å². The Bertz CT molecular complexity index is 262. The van der Waals surface area contributed by atoms with Crippen LogP contribution >= 0.6 is 11.6 Å². The zero-order valence-corrected chi connectivity index (χ0v) is 11.0. The molecule has 0 N–H and O–H groups in total. The molecule has 1 aliphatic heterocycles. The van der Waals surface area contributed by atoms with Crippen LogP contribution in [0.15, 0.2) is 0 Å². The highest BCUT2D eigenvalue weighted by Gasteiger charge is 2.23. The first-order valence-electron chi connectivity index (χ1n) is 6.27. The number of esters is 1. The first kappa shape index (κ1) is 14.3. The molecule has 0 spiro atoms. The number of rotatable bonds is 5. The highest BCUT2D eigenvalue weighted by molar-refractivity contribution is 6.62. The van der Waals surface area contributed by atoms with Crippen molar-refractivity contribution in [2.24, 2.45) is 0 Å². The standard InChI is InChI=1S/C12H20ClNO3/c1-2-3-4-5-11(15)17-10-6-8-14(9-7-10)12(13)16/h10H,2-9H2,1H3. The van der Waals surface area contributed by atoms with E-state index >= 15 is 0 Å². The molecule has 98 valence electrons. The molecule has 0 radical (unpaired) electrons. The average Bonchev–Trinajstić information content (AvgIpc) is 2.30. The van der Waals surface area contributed by atoms with Gasteiger partial charge in [0.2, 0.25) is 0 Å². The van der Waals surface area contributed by atoms with Gasteiger partial charge in [-0.15, -0.1) is 0 Å². The zero-order valence-electron chi connectivity index (χ0n) is 10.3. The number of unbranched alkanes of at least 4 members (excludes halogenated alkanes) is 2. The monoisotopic (exact) mass is 261 g/mol. The van der Waals surface area contributed by atoms with Gasteiger partial charge in [-0.25, -0.2) is 0 Å². The maximum Gasteiger partial charge on any atom is 0.316 e. The Morgan fingerprint density at radius 3 is 2.47 bits per heavy atom. The molecule has 0 aliphatic carbocycles. The lowest BCUT2D eigenvalue weighted by molar-refractivity contribution is -0.150. The number of ether oxygens (including phenoxy) is 1. The molecule has 0 saturated carbocycles. The lowest BCUT2D eigenvalue weighted by Gasteiger charge is -2.30. The van der Waals surface area contributed by atoms with Crippen molar-refractivity contribution in [1.29, 1.82) is 0 Å². The van der Waals surface area contributed by atoms with Crippen LogP contribution in [-0.2, 0) is 9.53 Å². The molecular weight excluding hydrogens is 242 g/mol. The van der Waals surface area contributed by atoms with E-state index in [1.807, 2.05) is 0 Å². The van der Waals surface area contributed by atoms with E-state index in [4.69, 9.17) is 16.3 Å². The second kappa shape index (κ2) is 7.54. The fraction of sp³-hybridized carbons (Fsp3) is 0.833. The van der Waals surface area contributed by atoms with E-state index in [0.717, 1.165) is 19.3 Å². The summed E-state index contributed by atoms with van der Waals surface area (Å²) in [6.07, 6.45) is 4.90. The Morgan fingerprint density at radius 1 is 1.29 bits per heavy atom.